The van der Waals surface area contributed by atoms with E-state index in [1.54, 1.807) is 0 Å². The third-order valence-corrected chi connectivity index (χ3v) is 4.42. The molecule has 20 heavy (non-hydrogen) atoms. The van der Waals surface area contributed by atoms with Gasteiger partial charge in [-0.1, -0.05) is 0 Å². The Morgan fingerprint density at radius 3 is 2.50 bits per heavy atom. The second-order valence-electron chi connectivity index (χ2n) is 5.58. The van der Waals surface area contributed by atoms with Crippen molar-refractivity contribution in [1.82, 2.24) is 15.2 Å². The molecule has 0 aliphatic carbocycles. The number of aromatic amines is 1. The average molecular weight is 278 g/mol. The van der Waals surface area contributed by atoms with Crippen LogP contribution in [0.4, 0.5) is 5.69 Å². The first-order valence-electron chi connectivity index (χ1n) is 6.98. The van der Waals surface area contributed by atoms with Crippen LogP contribution in [-0.4, -0.2) is 46.9 Å². The highest BCUT2D eigenvalue weighted by atomic mass is 16.6. The molecule has 0 aromatic carbocycles. The molecule has 1 aromatic heterocycles. The van der Waals surface area contributed by atoms with Gasteiger partial charge in [-0.15, -0.1) is 0 Å². The second kappa shape index (κ2) is 5.24. The first-order valence-corrected chi connectivity index (χ1v) is 6.98. The molecular weight excluding hydrogens is 260 g/mol. The molecule has 0 unspecified atom stereocenters. The fourth-order valence-electron chi connectivity index (χ4n) is 3.20. The number of nitro groups is 1. The maximum atomic E-state index is 12.4. The minimum atomic E-state index is -0.494. The topological polar surface area (TPSA) is 91.3 Å². The number of rotatable bonds is 2. The second-order valence-corrected chi connectivity index (χ2v) is 5.58. The number of hydrogen-bond donors (Lipinski definition) is 2. The lowest BCUT2D eigenvalue weighted by Crippen LogP contribution is -2.32. The number of H-pyrrole nitrogens is 1. The molecule has 108 valence electrons. The normalized spacial score (nSPS) is 26.1. The van der Waals surface area contributed by atoms with E-state index in [0.717, 1.165) is 39.0 Å². The van der Waals surface area contributed by atoms with Crippen LogP contribution in [0.2, 0.25) is 0 Å². The van der Waals surface area contributed by atoms with Crippen LogP contribution in [0.5, 0.6) is 0 Å². The largest absolute Gasteiger partial charge is 0.351 e. The van der Waals surface area contributed by atoms with Gasteiger partial charge in [0, 0.05) is 19.2 Å². The molecule has 2 aliphatic rings. The molecule has 1 aromatic rings. The molecule has 3 rings (SSSR count). The van der Waals surface area contributed by atoms with Crippen molar-refractivity contribution in [3.8, 4) is 0 Å². The fraction of sp³-hybridized carbons (Fsp3) is 0.615. The summed E-state index contributed by atoms with van der Waals surface area (Å²) in [5.74, 6) is 1.18. The zero-order valence-corrected chi connectivity index (χ0v) is 11.2. The Hall–Kier alpha value is -1.89. The Morgan fingerprint density at radius 1 is 1.30 bits per heavy atom. The minimum Gasteiger partial charge on any atom is -0.351 e. The number of hydrogen-bond acceptors (Lipinski definition) is 4. The average Bonchev–Trinajstić information content (AvgIpc) is 3.04. The van der Waals surface area contributed by atoms with Gasteiger partial charge in [0.25, 0.3) is 11.6 Å². The fourth-order valence-corrected chi connectivity index (χ4v) is 3.20. The van der Waals surface area contributed by atoms with Gasteiger partial charge in [0.05, 0.1) is 11.1 Å². The van der Waals surface area contributed by atoms with Crippen molar-refractivity contribution in [1.29, 1.82) is 0 Å². The summed E-state index contributed by atoms with van der Waals surface area (Å²) >= 11 is 0. The summed E-state index contributed by atoms with van der Waals surface area (Å²) in [5.41, 5.74) is 0.242. The highest BCUT2D eigenvalue weighted by molar-refractivity contribution is 5.93. The predicted octanol–water partition coefficient (Wildman–Crippen LogP) is 0.994. The summed E-state index contributed by atoms with van der Waals surface area (Å²) in [6.45, 7) is 3.55. The van der Waals surface area contributed by atoms with Gasteiger partial charge in [0.1, 0.15) is 5.69 Å². The van der Waals surface area contributed by atoms with Crippen LogP contribution in [-0.2, 0) is 0 Å². The quantitative estimate of drug-likeness (QED) is 0.623. The smallest absolute Gasteiger partial charge is 0.287 e. The van der Waals surface area contributed by atoms with Crippen LogP contribution in [0.1, 0.15) is 23.3 Å². The maximum Gasteiger partial charge on any atom is 0.287 e. The number of nitrogens with zero attached hydrogens (tertiary/aromatic N) is 2. The van der Waals surface area contributed by atoms with Gasteiger partial charge in [-0.25, -0.2) is 0 Å². The van der Waals surface area contributed by atoms with Gasteiger partial charge in [-0.05, 0) is 37.8 Å². The van der Waals surface area contributed by atoms with E-state index in [1.165, 1.54) is 12.3 Å². The van der Waals surface area contributed by atoms with Crippen LogP contribution in [0.25, 0.3) is 0 Å². The Morgan fingerprint density at radius 2 is 1.95 bits per heavy atom. The van der Waals surface area contributed by atoms with Gasteiger partial charge in [-0.2, -0.15) is 0 Å². The molecule has 1 amide bonds. The van der Waals surface area contributed by atoms with Crippen molar-refractivity contribution < 1.29 is 9.72 Å². The maximum absolute atomic E-state index is 12.4. The Labute approximate surface area is 116 Å². The van der Waals surface area contributed by atoms with Crippen molar-refractivity contribution in [2.45, 2.75) is 12.8 Å². The van der Waals surface area contributed by atoms with E-state index in [4.69, 9.17) is 0 Å². The van der Waals surface area contributed by atoms with Crippen LogP contribution in [0.3, 0.4) is 0 Å². The molecule has 2 atom stereocenters. The molecule has 0 spiro atoms. The van der Waals surface area contributed by atoms with E-state index in [0.29, 0.717) is 17.5 Å². The number of carbonyl (C=O) groups is 1. The van der Waals surface area contributed by atoms with Crippen molar-refractivity contribution in [3.63, 3.8) is 0 Å². The van der Waals surface area contributed by atoms with Crippen molar-refractivity contribution in [2.24, 2.45) is 11.8 Å². The molecule has 7 heteroatoms. The zero-order valence-electron chi connectivity index (χ0n) is 11.2. The molecular formula is C13H18N4O3. The Bertz CT molecular complexity index is 513. The Kier molecular flexibility index (Phi) is 3.43. The summed E-state index contributed by atoms with van der Waals surface area (Å²) in [4.78, 5) is 27.0. The van der Waals surface area contributed by atoms with Crippen molar-refractivity contribution >= 4 is 11.6 Å². The van der Waals surface area contributed by atoms with Crippen molar-refractivity contribution in [3.05, 3.63) is 28.1 Å². The van der Waals surface area contributed by atoms with E-state index in [-0.39, 0.29) is 11.6 Å². The lowest BCUT2D eigenvalue weighted by Gasteiger charge is -2.19. The minimum absolute atomic E-state index is 0.0655. The summed E-state index contributed by atoms with van der Waals surface area (Å²) in [7, 11) is 0. The molecule has 7 nitrogen and oxygen atoms in total. The molecule has 2 N–H and O–H groups in total. The van der Waals surface area contributed by atoms with Gasteiger partial charge < -0.3 is 15.2 Å². The third kappa shape index (κ3) is 2.40. The number of carbonyl (C=O) groups excluding carboxylic acids is 1. The first-order chi connectivity index (χ1) is 9.65. The molecule has 2 aliphatic heterocycles. The number of amides is 1. The number of fused-ring (bicyclic) bond motifs is 1. The molecule has 0 bridgehead atoms. The summed E-state index contributed by atoms with van der Waals surface area (Å²) in [6.07, 6.45) is 3.28. The van der Waals surface area contributed by atoms with Gasteiger partial charge >= 0.3 is 0 Å². The first kappa shape index (κ1) is 13.1. The highest BCUT2D eigenvalue weighted by Gasteiger charge is 2.32. The van der Waals surface area contributed by atoms with E-state index < -0.39 is 4.92 Å². The van der Waals surface area contributed by atoms with Crippen molar-refractivity contribution in [2.75, 3.05) is 26.2 Å². The molecule has 0 saturated carbocycles. The molecule has 2 saturated heterocycles. The van der Waals surface area contributed by atoms with E-state index in [9.17, 15) is 14.9 Å². The Balaban J connectivity index is 1.68. The molecule has 0 radical (unpaired) electrons. The predicted molar refractivity (Wildman–Crippen MR) is 72.4 cm³/mol. The number of aromatic nitrogens is 1. The summed E-state index contributed by atoms with van der Waals surface area (Å²) in [5, 5.41) is 14.1. The number of likely N-dealkylation sites (tertiary alicyclic amines) is 1. The summed E-state index contributed by atoms with van der Waals surface area (Å²) in [6, 6.07) is 1.32. The monoisotopic (exact) mass is 278 g/mol. The van der Waals surface area contributed by atoms with Gasteiger partial charge in [0.2, 0.25) is 0 Å². The van der Waals surface area contributed by atoms with Crippen LogP contribution in [0.15, 0.2) is 12.3 Å². The SMILES string of the molecule is O=C(c1cc([N+](=O)[O-])c[nH]1)N1CC[C@@H]2CNC[C@@H]2CC1. The standard InChI is InChI=1S/C13H18N4O3/c18-13(12-5-11(8-15-12)17(19)20)16-3-1-9-6-14-7-10(9)2-4-16/h5,8-10,14-15H,1-4,6-7H2/t9-,10+. The van der Waals surface area contributed by atoms with E-state index in [2.05, 4.69) is 10.3 Å². The lowest BCUT2D eigenvalue weighted by molar-refractivity contribution is -0.384. The summed E-state index contributed by atoms with van der Waals surface area (Å²) < 4.78 is 0. The number of nitrogens with one attached hydrogen (secondary N) is 2. The van der Waals surface area contributed by atoms with Gasteiger partial charge in [0.15, 0.2) is 0 Å². The van der Waals surface area contributed by atoms with Gasteiger partial charge in [-0.3, -0.25) is 14.9 Å². The van der Waals surface area contributed by atoms with Crippen LogP contribution < -0.4 is 5.32 Å². The third-order valence-electron chi connectivity index (χ3n) is 4.42. The van der Waals surface area contributed by atoms with Crippen LogP contribution in [0, 0.1) is 22.0 Å². The highest BCUT2D eigenvalue weighted by Crippen LogP contribution is 2.27. The lowest BCUT2D eigenvalue weighted by atomic mass is 9.92. The molecule has 3 heterocycles. The van der Waals surface area contributed by atoms with E-state index in [1.807, 2.05) is 4.90 Å². The molecule has 2 fully saturated rings. The van der Waals surface area contributed by atoms with Crippen LogP contribution >= 0.6 is 0 Å². The zero-order chi connectivity index (χ0) is 14.1. The van der Waals surface area contributed by atoms with E-state index >= 15 is 0 Å².